The molecule has 104 valence electrons. The number of nitrogens with zero attached hydrogens (tertiary/aromatic N) is 1. The third kappa shape index (κ3) is 3.23. The molecular weight excluding hydrogens is 267 g/mol. The van der Waals surface area contributed by atoms with Gasteiger partial charge in [0.1, 0.15) is 0 Å². The van der Waals surface area contributed by atoms with Gasteiger partial charge in [-0.25, -0.2) is 0 Å². The monoisotopic (exact) mass is 279 g/mol. The fourth-order valence-corrected chi connectivity index (χ4v) is 1.93. The van der Waals surface area contributed by atoms with Gasteiger partial charge in [-0.05, 0) is 42.3 Å². The van der Waals surface area contributed by atoms with Crippen LogP contribution in [0.25, 0.3) is 0 Å². The van der Waals surface area contributed by atoms with E-state index < -0.39 is 11.7 Å². The van der Waals surface area contributed by atoms with Crippen LogP contribution in [0.15, 0.2) is 42.7 Å². The molecule has 2 aromatic rings. The molecule has 5 heteroatoms. The molecule has 20 heavy (non-hydrogen) atoms. The number of hydrogen-bond acceptors (Lipinski definition) is 2. The number of carbonyl (C=O) groups is 1. The predicted molar refractivity (Wildman–Crippen MR) is 68.5 cm³/mol. The van der Waals surface area contributed by atoms with Gasteiger partial charge in [-0.3, -0.25) is 9.78 Å². The topological polar surface area (TPSA) is 30.0 Å². The molecule has 0 amide bonds. The molecule has 0 radical (unpaired) electrons. The van der Waals surface area contributed by atoms with Gasteiger partial charge in [-0.2, -0.15) is 13.2 Å². The minimum absolute atomic E-state index is 0.148. The lowest BCUT2D eigenvalue weighted by Crippen LogP contribution is -2.09. The SMILES string of the molecule is Cc1cc(C(F)(F)F)ccc1C(=O)Cc1ccncc1. The van der Waals surface area contributed by atoms with Crippen LogP contribution in [0.4, 0.5) is 13.2 Å². The second kappa shape index (κ2) is 5.45. The maximum absolute atomic E-state index is 12.6. The van der Waals surface area contributed by atoms with Crippen LogP contribution in [0, 0.1) is 6.92 Å². The first kappa shape index (κ1) is 14.2. The van der Waals surface area contributed by atoms with E-state index in [1.54, 1.807) is 24.5 Å². The Hall–Kier alpha value is -2.17. The van der Waals surface area contributed by atoms with Crippen molar-refractivity contribution in [3.63, 3.8) is 0 Å². The van der Waals surface area contributed by atoms with E-state index >= 15 is 0 Å². The number of benzene rings is 1. The Morgan fingerprint density at radius 1 is 1.15 bits per heavy atom. The third-order valence-electron chi connectivity index (χ3n) is 2.97. The van der Waals surface area contributed by atoms with Crippen LogP contribution in [-0.4, -0.2) is 10.8 Å². The van der Waals surface area contributed by atoms with Gasteiger partial charge in [0.25, 0.3) is 0 Å². The third-order valence-corrected chi connectivity index (χ3v) is 2.97. The van der Waals surface area contributed by atoms with Crippen molar-refractivity contribution in [2.24, 2.45) is 0 Å². The molecule has 0 aliphatic carbocycles. The fourth-order valence-electron chi connectivity index (χ4n) is 1.93. The molecule has 0 saturated carbocycles. The first-order valence-electron chi connectivity index (χ1n) is 5.98. The van der Waals surface area contributed by atoms with Gasteiger partial charge in [-0.15, -0.1) is 0 Å². The molecule has 0 spiro atoms. The average Bonchev–Trinajstić information content (AvgIpc) is 2.38. The summed E-state index contributed by atoms with van der Waals surface area (Å²) in [4.78, 5) is 15.9. The number of rotatable bonds is 3. The van der Waals surface area contributed by atoms with Crippen molar-refractivity contribution in [2.75, 3.05) is 0 Å². The number of Topliss-reactive ketones (excluding diaryl/α,β-unsaturated/α-hetero) is 1. The van der Waals surface area contributed by atoms with E-state index in [9.17, 15) is 18.0 Å². The Morgan fingerprint density at radius 2 is 1.80 bits per heavy atom. The maximum Gasteiger partial charge on any atom is 0.416 e. The molecule has 2 nitrogen and oxygen atoms in total. The Balaban J connectivity index is 2.23. The highest BCUT2D eigenvalue weighted by Crippen LogP contribution is 2.30. The van der Waals surface area contributed by atoms with Gasteiger partial charge >= 0.3 is 6.18 Å². The van der Waals surface area contributed by atoms with Crippen LogP contribution in [0.2, 0.25) is 0 Å². The number of carbonyl (C=O) groups excluding carboxylic acids is 1. The highest BCUT2D eigenvalue weighted by atomic mass is 19.4. The highest BCUT2D eigenvalue weighted by Gasteiger charge is 2.30. The quantitative estimate of drug-likeness (QED) is 0.799. The zero-order valence-corrected chi connectivity index (χ0v) is 10.7. The minimum Gasteiger partial charge on any atom is -0.294 e. The van der Waals surface area contributed by atoms with Crippen LogP contribution in [0.1, 0.15) is 27.0 Å². The first-order chi connectivity index (χ1) is 9.38. The number of alkyl halides is 3. The lowest BCUT2D eigenvalue weighted by atomic mass is 9.98. The van der Waals surface area contributed by atoms with Crippen molar-refractivity contribution < 1.29 is 18.0 Å². The summed E-state index contributed by atoms with van der Waals surface area (Å²) in [5.74, 6) is -0.206. The van der Waals surface area contributed by atoms with E-state index in [1.165, 1.54) is 13.0 Å². The smallest absolute Gasteiger partial charge is 0.294 e. The first-order valence-corrected chi connectivity index (χ1v) is 5.98. The number of aromatic nitrogens is 1. The molecule has 2 rings (SSSR count). The zero-order valence-electron chi connectivity index (χ0n) is 10.7. The minimum atomic E-state index is -4.39. The van der Waals surface area contributed by atoms with Gasteiger partial charge in [0.15, 0.2) is 5.78 Å². The normalized spacial score (nSPS) is 11.4. The molecule has 0 aliphatic heterocycles. The lowest BCUT2D eigenvalue weighted by Gasteiger charge is -2.10. The van der Waals surface area contributed by atoms with Crippen molar-refractivity contribution in [1.82, 2.24) is 4.98 Å². The number of ketones is 1. The van der Waals surface area contributed by atoms with Crippen LogP contribution in [-0.2, 0) is 12.6 Å². The molecule has 0 N–H and O–H groups in total. The van der Waals surface area contributed by atoms with Crippen LogP contribution in [0.3, 0.4) is 0 Å². The molecule has 0 bridgehead atoms. The average molecular weight is 279 g/mol. The van der Waals surface area contributed by atoms with Gasteiger partial charge in [0, 0.05) is 24.4 Å². The van der Waals surface area contributed by atoms with E-state index in [-0.39, 0.29) is 12.2 Å². The molecule has 1 aromatic carbocycles. The highest BCUT2D eigenvalue weighted by molar-refractivity contribution is 5.98. The summed E-state index contributed by atoms with van der Waals surface area (Å²) < 4.78 is 37.7. The van der Waals surface area contributed by atoms with Gasteiger partial charge < -0.3 is 0 Å². The molecule has 0 fully saturated rings. The van der Waals surface area contributed by atoms with Crippen LogP contribution < -0.4 is 0 Å². The fraction of sp³-hybridized carbons (Fsp3) is 0.200. The Labute approximate surface area is 114 Å². The second-order valence-corrected chi connectivity index (χ2v) is 4.48. The van der Waals surface area contributed by atoms with E-state index in [0.717, 1.165) is 17.7 Å². The molecule has 0 unspecified atom stereocenters. The molecule has 0 atom stereocenters. The molecule has 0 saturated heterocycles. The molecule has 1 heterocycles. The van der Waals surface area contributed by atoms with E-state index in [2.05, 4.69) is 4.98 Å². The van der Waals surface area contributed by atoms with Crippen molar-refractivity contribution in [2.45, 2.75) is 19.5 Å². The van der Waals surface area contributed by atoms with E-state index in [0.29, 0.717) is 11.1 Å². The number of hydrogen-bond donors (Lipinski definition) is 0. The maximum atomic E-state index is 12.6. The lowest BCUT2D eigenvalue weighted by molar-refractivity contribution is -0.137. The second-order valence-electron chi connectivity index (χ2n) is 4.48. The summed E-state index contributed by atoms with van der Waals surface area (Å²) in [6.07, 6.45) is -1.10. The molecule has 1 aromatic heterocycles. The van der Waals surface area contributed by atoms with Crippen LogP contribution in [0.5, 0.6) is 0 Å². The molecular formula is C15H12F3NO. The number of pyridine rings is 1. The van der Waals surface area contributed by atoms with Crippen molar-refractivity contribution in [1.29, 1.82) is 0 Å². The predicted octanol–water partition coefficient (Wildman–Crippen LogP) is 3.83. The van der Waals surface area contributed by atoms with E-state index in [1.807, 2.05) is 0 Å². The van der Waals surface area contributed by atoms with Crippen molar-refractivity contribution in [3.8, 4) is 0 Å². The Bertz CT molecular complexity index is 621. The summed E-state index contributed by atoms with van der Waals surface area (Å²) in [6.45, 7) is 1.51. The number of halogens is 3. The summed E-state index contributed by atoms with van der Waals surface area (Å²) in [7, 11) is 0. The van der Waals surface area contributed by atoms with E-state index in [4.69, 9.17) is 0 Å². The van der Waals surface area contributed by atoms with Gasteiger partial charge in [0.05, 0.1) is 5.56 Å². The van der Waals surface area contributed by atoms with Crippen LogP contribution >= 0.6 is 0 Å². The summed E-state index contributed by atoms with van der Waals surface area (Å²) >= 11 is 0. The Kier molecular flexibility index (Phi) is 3.88. The Morgan fingerprint density at radius 3 is 2.35 bits per heavy atom. The number of aryl methyl sites for hydroxylation is 1. The van der Waals surface area contributed by atoms with Crippen molar-refractivity contribution in [3.05, 3.63) is 65.0 Å². The summed E-state index contributed by atoms with van der Waals surface area (Å²) in [5.41, 5.74) is 0.688. The largest absolute Gasteiger partial charge is 0.416 e. The summed E-state index contributed by atoms with van der Waals surface area (Å²) in [5, 5.41) is 0. The summed E-state index contributed by atoms with van der Waals surface area (Å²) in [6, 6.07) is 6.59. The van der Waals surface area contributed by atoms with Gasteiger partial charge in [0.2, 0.25) is 0 Å². The van der Waals surface area contributed by atoms with Gasteiger partial charge in [-0.1, -0.05) is 6.07 Å². The zero-order chi connectivity index (χ0) is 14.8. The van der Waals surface area contributed by atoms with Crippen molar-refractivity contribution >= 4 is 5.78 Å². The molecule has 0 aliphatic rings. The standard InChI is InChI=1S/C15H12F3NO/c1-10-8-12(15(16,17)18)2-3-13(10)14(20)9-11-4-6-19-7-5-11/h2-8H,9H2,1H3.